The lowest BCUT2D eigenvalue weighted by atomic mass is 10.0. The fourth-order valence-corrected chi connectivity index (χ4v) is 3.03. The number of phenols is 1. The average Bonchev–Trinajstić information content (AvgIpc) is 2.67. The molecule has 0 radical (unpaired) electrons. The maximum Gasteiger partial charge on any atom is 0.573 e. The van der Waals surface area contributed by atoms with Crippen molar-refractivity contribution in [1.82, 2.24) is 0 Å². The number of hydrogen-bond donors (Lipinski definition) is 1. The van der Waals surface area contributed by atoms with Crippen LogP contribution in [-0.4, -0.2) is 11.5 Å². The summed E-state index contributed by atoms with van der Waals surface area (Å²) in [4.78, 5) is 12.5. The van der Waals surface area contributed by atoms with Crippen LogP contribution in [0, 0.1) is 0 Å². The third-order valence-electron chi connectivity index (χ3n) is 4.29. The van der Waals surface area contributed by atoms with E-state index in [-0.39, 0.29) is 22.5 Å². The predicted molar refractivity (Wildman–Crippen MR) is 102 cm³/mol. The highest BCUT2D eigenvalue weighted by molar-refractivity contribution is 5.89. The van der Waals surface area contributed by atoms with Crippen LogP contribution in [-0.2, 0) is 0 Å². The van der Waals surface area contributed by atoms with Gasteiger partial charge < -0.3 is 14.3 Å². The molecule has 1 heterocycles. The summed E-state index contributed by atoms with van der Waals surface area (Å²) >= 11 is 0. The molecule has 0 amide bonds. The Balaban J connectivity index is 1.79. The van der Waals surface area contributed by atoms with Gasteiger partial charge in [-0.2, -0.15) is 0 Å². The molecular weight excluding hydrogens is 385 g/mol. The van der Waals surface area contributed by atoms with E-state index in [1.807, 2.05) is 6.07 Å². The molecule has 0 aliphatic carbocycles. The third-order valence-corrected chi connectivity index (χ3v) is 4.29. The van der Waals surface area contributed by atoms with Crippen LogP contribution in [0.5, 0.6) is 11.5 Å². The normalized spacial score (nSPS) is 11.6. The van der Waals surface area contributed by atoms with Gasteiger partial charge in [-0.1, -0.05) is 42.5 Å². The highest BCUT2D eigenvalue weighted by Crippen LogP contribution is 2.33. The second kappa shape index (κ2) is 7.01. The fourth-order valence-electron chi connectivity index (χ4n) is 3.03. The van der Waals surface area contributed by atoms with E-state index in [9.17, 15) is 23.1 Å². The largest absolute Gasteiger partial charge is 0.573 e. The number of hydrogen-bond acceptors (Lipinski definition) is 4. The number of ether oxygens (including phenoxy) is 1. The SMILES string of the molecule is O=c1cc(-c2ccccc2)oc2cc(-c3ccc(OC(F)(F)F)cc3)cc(O)c12. The number of phenolic OH excluding ortho intramolecular Hbond substituents is 1. The van der Waals surface area contributed by atoms with Gasteiger partial charge in [-0.15, -0.1) is 13.2 Å². The first-order valence-electron chi connectivity index (χ1n) is 8.53. The van der Waals surface area contributed by atoms with E-state index in [1.54, 1.807) is 30.3 Å². The average molecular weight is 398 g/mol. The molecule has 0 saturated heterocycles. The van der Waals surface area contributed by atoms with Gasteiger partial charge in [0.1, 0.15) is 28.2 Å². The van der Waals surface area contributed by atoms with Crippen molar-refractivity contribution in [3.8, 4) is 33.9 Å². The van der Waals surface area contributed by atoms with Gasteiger partial charge in [0, 0.05) is 11.6 Å². The van der Waals surface area contributed by atoms with Crippen molar-refractivity contribution in [2.45, 2.75) is 6.36 Å². The quantitative estimate of drug-likeness (QED) is 0.479. The van der Waals surface area contributed by atoms with E-state index in [0.29, 0.717) is 22.5 Å². The van der Waals surface area contributed by atoms with Crippen LogP contribution in [0.1, 0.15) is 0 Å². The van der Waals surface area contributed by atoms with Crippen molar-refractivity contribution >= 4 is 11.0 Å². The number of fused-ring (bicyclic) bond motifs is 1. The van der Waals surface area contributed by atoms with Crippen LogP contribution in [0.4, 0.5) is 13.2 Å². The summed E-state index contributed by atoms with van der Waals surface area (Å²) < 4.78 is 46.6. The summed E-state index contributed by atoms with van der Waals surface area (Å²) in [5.41, 5.74) is 1.46. The number of rotatable bonds is 3. The summed E-state index contributed by atoms with van der Waals surface area (Å²) in [5, 5.41) is 10.4. The number of benzene rings is 3. The van der Waals surface area contributed by atoms with E-state index in [1.165, 1.54) is 36.4 Å². The van der Waals surface area contributed by atoms with Gasteiger partial charge in [0.15, 0.2) is 5.43 Å². The molecule has 0 atom stereocenters. The molecule has 0 bridgehead atoms. The van der Waals surface area contributed by atoms with Crippen molar-refractivity contribution in [1.29, 1.82) is 0 Å². The van der Waals surface area contributed by atoms with Gasteiger partial charge >= 0.3 is 6.36 Å². The smallest absolute Gasteiger partial charge is 0.507 e. The van der Waals surface area contributed by atoms with Crippen LogP contribution in [0.2, 0.25) is 0 Å². The molecule has 1 aromatic heterocycles. The van der Waals surface area contributed by atoms with Gasteiger partial charge in [-0.05, 0) is 35.4 Å². The van der Waals surface area contributed by atoms with Crippen molar-refractivity contribution in [2.75, 3.05) is 0 Å². The standard InChI is InChI=1S/C22H13F3O4/c23-22(24,25)29-16-8-6-13(7-9-16)15-10-17(26)21-18(27)12-19(28-20(21)11-15)14-4-2-1-3-5-14/h1-12,26H. The molecule has 4 rings (SSSR count). The Morgan fingerprint density at radius 2 is 1.52 bits per heavy atom. The monoisotopic (exact) mass is 398 g/mol. The predicted octanol–water partition coefficient (Wildman–Crippen LogP) is 5.73. The zero-order chi connectivity index (χ0) is 20.6. The van der Waals surface area contributed by atoms with E-state index in [0.717, 1.165) is 0 Å². The summed E-state index contributed by atoms with van der Waals surface area (Å²) in [6.07, 6.45) is -4.78. The zero-order valence-electron chi connectivity index (χ0n) is 14.7. The Morgan fingerprint density at radius 1 is 0.828 bits per heavy atom. The summed E-state index contributed by atoms with van der Waals surface area (Å²) in [7, 11) is 0. The summed E-state index contributed by atoms with van der Waals surface area (Å²) in [5.74, 6) is -0.292. The molecule has 0 aliphatic heterocycles. The van der Waals surface area contributed by atoms with Gasteiger partial charge in [0.05, 0.1) is 0 Å². The van der Waals surface area contributed by atoms with Crippen LogP contribution in [0.3, 0.4) is 0 Å². The third kappa shape index (κ3) is 3.94. The first kappa shape index (κ1) is 18.6. The second-order valence-corrected chi connectivity index (χ2v) is 6.28. The maximum atomic E-state index is 12.5. The lowest BCUT2D eigenvalue weighted by molar-refractivity contribution is -0.274. The second-order valence-electron chi connectivity index (χ2n) is 6.28. The molecule has 29 heavy (non-hydrogen) atoms. The number of alkyl halides is 3. The van der Waals surface area contributed by atoms with Crippen molar-refractivity contribution in [2.24, 2.45) is 0 Å². The minimum absolute atomic E-state index is 0.0328. The van der Waals surface area contributed by atoms with Crippen LogP contribution >= 0.6 is 0 Å². The van der Waals surface area contributed by atoms with Crippen LogP contribution < -0.4 is 10.2 Å². The minimum Gasteiger partial charge on any atom is -0.507 e. The first-order chi connectivity index (χ1) is 13.8. The molecule has 0 aliphatic rings. The zero-order valence-corrected chi connectivity index (χ0v) is 14.7. The highest BCUT2D eigenvalue weighted by Gasteiger charge is 2.31. The lowest BCUT2D eigenvalue weighted by Gasteiger charge is -2.10. The Morgan fingerprint density at radius 3 is 2.17 bits per heavy atom. The van der Waals surface area contributed by atoms with Gasteiger partial charge in [0.25, 0.3) is 0 Å². The minimum atomic E-state index is -4.78. The molecule has 0 fully saturated rings. The molecular formula is C22H13F3O4. The molecule has 4 nitrogen and oxygen atoms in total. The van der Waals surface area contributed by atoms with Crippen molar-refractivity contribution < 1.29 is 27.4 Å². The van der Waals surface area contributed by atoms with E-state index in [4.69, 9.17) is 4.42 Å². The Hall–Kier alpha value is -3.74. The van der Waals surface area contributed by atoms with E-state index in [2.05, 4.69) is 4.74 Å². The highest BCUT2D eigenvalue weighted by atomic mass is 19.4. The topological polar surface area (TPSA) is 59.7 Å². The molecule has 0 spiro atoms. The van der Waals surface area contributed by atoms with E-state index >= 15 is 0 Å². The molecule has 0 saturated carbocycles. The lowest BCUT2D eigenvalue weighted by Crippen LogP contribution is -2.16. The number of aromatic hydroxyl groups is 1. The fraction of sp³-hybridized carbons (Fsp3) is 0.0455. The molecule has 3 aromatic carbocycles. The van der Waals surface area contributed by atoms with Gasteiger partial charge in [0.2, 0.25) is 0 Å². The maximum absolute atomic E-state index is 12.5. The Labute approximate surface area is 162 Å². The van der Waals surface area contributed by atoms with Gasteiger partial charge in [-0.25, -0.2) is 0 Å². The molecule has 1 N–H and O–H groups in total. The summed E-state index contributed by atoms with van der Waals surface area (Å²) in [6, 6.07) is 18.4. The van der Waals surface area contributed by atoms with Gasteiger partial charge in [-0.3, -0.25) is 4.79 Å². The molecule has 7 heteroatoms. The molecule has 0 unspecified atom stereocenters. The summed E-state index contributed by atoms with van der Waals surface area (Å²) in [6.45, 7) is 0. The number of halogens is 3. The van der Waals surface area contributed by atoms with Crippen LogP contribution in [0.25, 0.3) is 33.4 Å². The Kier molecular flexibility index (Phi) is 4.50. The van der Waals surface area contributed by atoms with Crippen molar-refractivity contribution in [3.63, 3.8) is 0 Å². The molecule has 146 valence electrons. The molecule has 4 aromatic rings. The van der Waals surface area contributed by atoms with Crippen molar-refractivity contribution in [3.05, 3.63) is 83.0 Å². The van der Waals surface area contributed by atoms with E-state index < -0.39 is 11.8 Å². The van der Waals surface area contributed by atoms with Crippen LogP contribution in [0.15, 0.2) is 82.0 Å². The first-order valence-corrected chi connectivity index (χ1v) is 8.53. The Bertz CT molecular complexity index is 1230.